The first kappa shape index (κ1) is 14.5. The van der Waals surface area contributed by atoms with Crippen molar-refractivity contribution in [3.63, 3.8) is 0 Å². The fraction of sp³-hybridized carbons (Fsp3) is 0.615. The van der Waals surface area contributed by atoms with Crippen molar-refractivity contribution in [2.45, 2.75) is 30.9 Å². The van der Waals surface area contributed by atoms with Gasteiger partial charge in [-0.05, 0) is 12.8 Å². The van der Waals surface area contributed by atoms with E-state index in [1.54, 1.807) is 0 Å². The Morgan fingerprint density at radius 3 is 2.76 bits per heavy atom. The quantitative estimate of drug-likeness (QED) is 0.800. The molecule has 1 aliphatic heterocycles. The van der Waals surface area contributed by atoms with Crippen LogP contribution in [-0.2, 0) is 9.47 Å². The Balaban J connectivity index is 1.93. The Morgan fingerprint density at radius 2 is 2.19 bits per heavy atom. The van der Waals surface area contributed by atoms with Gasteiger partial charge in [0.25, 0.3) is 0 Å². The van der Waals surface area contributed by atoms with Crippen LogP contribution in [0, 0.1) is 0 Å². The lowest BCUT2D eigenvalue weighted by molar-refractivity contribution is 0.0593. The van der Waals surface area contributed by atoms with Crippen LogP contribution in [0.1, 0.15) is 35.1 Å². The number of hydrogen-bond acceptors (Lipinski definition) is 7. The number of carbonyl (C=O) groups is 1. The predicted octanol–water partition coefficient (Wildman–Crippen LogP) is 0.966. The molecular formula is C13H16ClN3O4. The van der Waals surface area contributed by atoms with Crippen LogP contribution in [0.15, 0.2) is 0 Å². The maximum absolute atomic E-state index is 11.8. The number of hydrogen-bond donors (Lipinski definition) is 2. The van der Waals surface area contributed by atoms with Crippen molar-refractivity contribution in [1.29, 1.82) is 0 Å². The Bertz CT molecular complexity index is 565. The number of aliphatic hydroxyl groups is 1. The number of aliphatic hydroxyl groups excluding tert-OH is 1. The molecule has 0 radical (unpaired) electrons. The molecule has 2 fully saturated rings. The summed E-state index contributed by atoms with van der Waals surface area (Å²) in [5.74, 6) is 0.575. The molecule has 1 aromatic rings. The van der Waals surface area contributed by atoms with Crippen LogP contribution in [0.5, 0.6) is 0 Å². The highest BCUT2D eigenvalue weighted by molar-refractivity contribution is 6.35. The average Bonchev–Trinajstić information content (AvgIpc) is 3.25. The van der Waals surface area contributed by atoms with Gasteiger partial charge in [-0.1, -0.05) is 11.6 Å². The van der Waals surface area contributed by atoms with Crippen molar-refractivity contribution in [2.24, 2.45) is 0 Å². The van der Waals surface area contributed by atoms with E-state index in [1.807, 2.05) is 0 Å². The Kier molecular flexibility index (Phi) is 3.97. The topological polar surface area (TPSA) is 93.6 Å². The van der Waals surface area contributed by atoms with Crippen LogP contribution >= 0.6 is 11.6 Å². The zero-order chi connectivity index (χ0) is 15.0. The van der Waals surface area contributed by atoms with Gasteiger partial charge in [-0.2, -0.15) is 0 Å². The third-order valence-corrected chi connectivity index (χ3v) is 3.92. The molecule has 21 heavy (non-hydrogen) atoms. The van der Waals surface area contributed by atoms with E-state index in [0.29, 0.717) is 18.2 Å². The second kappa shape index (κ2) is 5.75. The first-order valence-electron chi connectivity index (χ1n) is 6.78. The molecule has 8 heteroatoms. The summed E-state index contributed by atoms with van der Waals surface area (Å²) in [7, 11) is 1.28. The predicted molar refractivity (Wildman–Crippen MR) is 74.6 cm³/mol. The van der Waals surface area contributed by atoms with E-state index in [0.717, 1.165) is 12.8 Å². The Hall–Kier alpha value is -1.44. The molecule has 1 saturated heterocycles. The maximum atomic E-state index is 11.8. The minimum absolute atomic E-state index is 0.0481. The fourth-order valence-electron chi connectivity index (χ4n) is 2.17. The SMILES string of the molecule is COC(=O)c1nc(C2CC2)nc(N[C@H]2COC[C@H]2O)c1Cl. The number of anilines is 1. The third kappa shape index (κ3) is 2.95. The van der Waals surface area contributed by atoms with Crippen LogP contribution in [0.3, 0.4) is 0 Å². The standard InChI is InChI=1S/C13H16ClN3O4/c1-20-13(19)10-9(14)12(15-7-4-21-5-8(7)18)17-11(16-10)6-2-3-6/h6-8,18H,2-5H2,1H3,(H,15,16,17)/t7-,8+/m0/s1. The largest absolute Gasteiger partial charge is 0.464 e. The number of aromatic nitrogens is 2. The number of ether oxygens (including phenoxy) is 2. The number of esters is 1. The van der Waals surface area contributed by atoms with Gasteiger partial charge < -0.3 is 19.9 Å². The van der Waals surface area contributed by atoms with E-state index >= 15 is 0 Å². The minimum atomic E-state index is -0.637. The number of nitrogens with one attached hydrogen (secondary N) is 1. The van der Waals surface area contributed by atoms with Gasteiger partial charge in [-0.25, -0.2) is 14.8 Å². The number of methoxy groups -OCH3 is 1. The van der Waals surface area contributed by atoms with Crippen molar-refractivity contribution in [1.82, 2.24) is 9.97 Å². The summed E-state index contributed by atoms with van der Waals surface area (Å²) in [6.45, 7) is 0.619. The summed E-state index contributed by atoms with van der Waals surface area (Å²) in [6.07, 6.45) is 1.36. The van der Waals surface area contributed by atoms with Crippen LogP contribution < -0.4 is 5.32 Å². The van der Waals surface area contributed by atoms with Gasteiger partial charge in [0.05, 0.1) is 32.5 Å². The lowest BCUT2D eigenvalue weighted by atomic mass is 10.2. The molecule has 114 valence electrons. The Morgan fingerprint density at radius 1 is 1.43 bits per heavy atom. The first-order chi connectivity index (χ1) is 10.1. The fourth-order valence-corrected chi connectivity index (χ4v) is 2.39. The molecule has 2 atom stereocenters. The summed E-state index contributed by atoms with van der Waals surface area (Å²) < 4.78 is 9.88. The normalized spacial score (nSPS) is 24.9. The van der Waals surface area contributed by atoms with Gasteiger partial charge in [0.15, 0.2) is 5.69 Å². The number of rotatable bonds is 4. The van der Waals surface area contributed by atoms with Crippen molar-refractivity contribution in [3.8, 4) is 0 Å². The van der Waals surface area contributed by atoms with Gasteiger partial charge >= 0.3 is 5.97 Å². The highest BCUT2D eigenvalue weighted by atomic mass is 35.5. The summed E-state index contributed by atoms with van der Waals surface area (Å²) in [5.41, 5.74) is 0.0481. The smallest absolute Gasteiger partial charge is 0.358 e. The van der Waals surface area contributed by atoms with Crippen molar-refractivity contribution in [3.05, 3.63) is 16.5 Å². The van der Waals surface area contributed by atoms with E-state index in [4.69, 9.17) is 21.1 Å². The molecule has 1 saturated carbocycles. The summed E-state index contributed by atoms with van der Waals surface area (Å²) in [6, 6.07) is -0.310. The zero-order valence-corrected chi connectivity index (χ0v) is 12.3. The summed E-state index contributed by atoms with van der Waals surface area (Å²) in [4.78, 5) is 20.4. The molecule has 3 rings (SSSR count). The molecule has 0 unspecified atom stereocenters. The summed E-state index contributed by atoms with van der Waals surface area (Å²) >= 11 is 6.19. The van der Waals surface area contributed by atoms with E-state index in [2.05, 4.69) is 15.3 Å². The maximum Gasteiger partial charge on any atom is 0.358 e. The molecule has 1 aliphatic carbocycles. The molecule has 0 bridgehead atoms. The highest BCUT2D eigenvalue weighted by Gasteiger charge is 2.32. The minimum Gasteiger partial charge on any atom is -0.464 e. The highest BCUT2D eigenvalue weighted by Crippen LogP contribution is 2.40. The van der Waals surface area contributed by atoms with Gasteiger partial charge in [0.2, 0.25) is 0 Å². The molecule has 0 aromatic carbocycles. The van der Waals surface area contributed by atoms with E-state index < -0.39 is 12.1 Å². The second-order valence-corrected chi connectivity index (χ2v) is 5.59. The van der Waals surface area contributed by atoms with Crippen LogP contribution in [0.2, 0.25) is 5.02 Å². The monoisotopic (exact) mass is 313 g/mol. The van der Waals surface area contributed by atoms with Crippen LogP contribution in [0.4, 0.5) is 5.82 Å². The Labute approximate surface area is 126 Å². The molecule has 1 aromatic heterocycles. The van der Waals surface area contributed by atoms with E-state index in [1.165, 1.54) is 7.11 Å². The number of carbonyl (C=O) groups excluding carboxylic acids is 1. The van der Waals surface area contributed by atoms with Gasteiger partial charge in [0, 0.05) is 5.92 Å². The molecule has 2 N–H and O–H groups in total. The van der Waals surface area contributed by atoms with E-state index in [-0.39, 0.29) is 29.3 Å². The average molecular weight is 314 g/mol. The van der Waals surface area contributed by atoms with Crippen LogP contribution in [0.25, 0.3) is 0 Å². The lowest BCUT2D eigenvalue weighted by Gasteiger charge is -2.17. The molecule has 0 spiro atoms. The van der Waals surface area contributed by atoms with Crippen molar-refractivity contribution < 1.29 is 19.4 Å². The lowest BCUT2D eigenvalue weighted by Crippen LogP contribution is -2.32. The van der Waals surface area contributed by atoms with Crippen molar-refractivity contribution >= 4 is 23.4 Å². The zero-order valence-electron chi connectivity index (χ0n) is 11.5. The molecule has 2 heterocycles. The van der Waals surface area contributed by atoms with Gasteiger partial charge in [-0.15, -0.1) is 0 Å². The molecule has 7 nitrogen and oxygen atoms in total. The van der Waals surface area contributed by atoms with Crippen molar-refractivity contribution in [2.75, 3.05) is 25.6 Å². The molecule has 0 amide bonds. The van der Waals surface area contributed by atoms with E-state index in [9.17, 15) is 9.90 Å². The van der Waals surface area contributed by atoms with Crippen LogP contribution in [-0.4, -0.2) is 53.5 Å². The number of nitrogens with zero attached hydrogens (tertiary/aromatic N) is 2. The number of halogens is 1. The summed E-state index contributed by atoms with van der Waals surface area (Å²) in [5, 5.41) is 12.9. The van der Waals surface area contributed by atoms with Gasteiger partial charge in [0.1, 0.15) is 16.7 Å². The van der Waals surface area contributed by atoms with Gasteiger partial charge in [-0.3, -0.25) is 0 Å². The second-order valence-electron chi connectivity index (χ2n) is 5.21. The third-order valence-electron chi connectivity index (χ3n) is 3.56. The molecular weight excluding hydrogens is 298 g/mol. The molecule has 2 aliphatic rings. The first-order valence-corrected chi connectivity index (χ1v) is 7.16.